The van der Waals surface area contributed by atoms with Gasteiger partial charge in [0.15, 0.2) is 0 Å². The van der Waals surface area contributed by atoms with Gasteiger partial charge in [-0.1, -0.05) is 32.9 Å². The lowest BCUT2D eigenvalue weighted by molar-refractivity contribution is 0.227. The molecule has 0 bridgehead atoms. The van der Waals surface area contributed by atoms with Gasteiger partial charge in [-0.05, 0) is 29.7 Å². The summed E-state index contributed by atoms with van der Waals surface area (Å²) in [5.41, 5.74) is 1.56. The molecule has 2 heteroatoms. The van der Waals surface area contributed by atoms with E-state index in [1.807, 2.05) is 20.8 Å². The normalized spacial score (nSPS) is 11.3. The van der Waals surface area contributed by atoms with Crippen LogP contribution in [0.3, 0.4) is 0 Å². The molecular formula is C13H19FO. The summed E-state index contributed by atoms with van der Waals surface area (Å²) in [6, 6.07) is 4.45. The van der Waals surface area contributed by atoms with Crippen molar-refractivity contribution in [2.75, 3.05) is 0 Å². The van der Waals surface area contributed by atoms with Gasteiger partial charge in [-0.25, -0.2) is 4.39 Å². The van der Waals surface area contributed by atoms with Crippen LogP contribution in [-0.4, -0.2) is 5.11 Å². The first-order chi connectivity index (χ1) is 7.19. The molecule has 0 saturated heterocycles. The molecule has 1 nitrogen and oxygen atoms in total. The van der Waals surface area contributed by atoms with E-state index in [-0.39, 0.29) is 5.82 Å². The van der Waals surface area contributed by atoms with Gasteiger partial charge in [-0.2, -0.15) is 0 Å². The summed E-state index contributed by atoms with van der Waals surface area (Å²) in [5.74, 6) is -0.326. The molecule has 1 rings (SSSR count). The average Bonchev–Trinajstić information content (AvgIpc) is 2.30. The van der Waals surface area contributed by atoms with Gasteiger partial charge in [0, 0.05) is 0 Å². The van der Waals surface area contributed by atoms with Crippen LogP contribution >= 0.6 is 0 Å². The van der Waals surface area contributed by atoms with E-state index in [9.17, 15) is 9.50 Å². The van der Waals surface area contributed by atoms with Crippen molar-refractivity contribution in [3.63, 3.8) is 0 Å². The first-order valence-electron chi connectivity index (χ1n) is 5.28. The predicted molar refractivity (Wildman–Crippen MR) is 62.3 cm³/mol. The zero-order valence-corrected chi connectivity index (χ0v) is 9.63. The lowest BCUT2D eigenvalue weighted by Gasteiger charge is -2.10. The molecule has 0 heterocycles. The Morgan fingerprint density at radius 3 is 2.53 bits per heavy atom. The lowest BCUT2D eigenvalue weighted by Crippen LogP contribution is -1.99. The fourth-order valence-corrected chi connectivity index (χ4v) is 1.29. The fraction of sp³-hybridized carbons (Fsp3) is 0.385. The van der Waals surface area contributed by atoms with E-state index in [0.717, 1.165) is 12.0 Å². The summed E-state index contributed by atoms with van der Waals surface area (Å²) in [6.07, 6.45) is 1.40. The molecule has 0 saturated carbocycles. The van der Waals surface area contributed by atoms with Crippen LogP contribution in [0, 0.1) is 5.82 Å². The third kappa shape index (κ3) is 3.84. The number of rotatable bonds is 3. The maximum Gasteiger partial charge on any atom is 0.123 e. The zero-order valence-electron chi connectivity index (χ0n) is 9.63. The third-order valence-electron chi connectivity index (χ3n) is 2.03. The molecule has 0 amide bonds. The monoisotopic (exact) mass is 210 g/mol. The van der Waals surface area contributed by atoms with Crippen LogP contribution in [0.5, 0.6) is 0 Å². The fourth-order valence-electron chi connectivity index (χ4n) is 1.29. The Bertz CT molecular complexity index is 307. The van der Waals surface area contributed by atoms with Crippen molar-refractivity contribution in [2.24, 2.45) is 0 Å². The molecule has 1 N–H and O–H groups in total. The first-order valence-corrected chi connectivity index (χ1v) is 5.28. The quantitative estimate of drug-likeness (QED) is 0.755. The maximum atomic E-state index is 12.8. The number of aryl methyl sites for hydroxylation is 1. The minimum absolute atomic E-state index is 0.326. The van der Waals surface area contributed by atoms with Crippen molar-refractivity contribution in [1.82, 2.24) is 0 Å². The van der Waals surface area contributed by atoms with Crippen molar-refractivity contribution in [3.05, 3.63) is 47.8 Å². The summed E-state index contributed by atoms with van der Waals surface area (Å²) in [7, 11) is 0. The molecular weight excluding hydrogens is 191 g/mol. The van der Waals surface area contributed by atoms with Crippen molar-refractivity contribution in [3.8, 4) is 0 Å². The molecule has 15 heavy (non-hydrogen) atoms. The van der Waals surface area contributed by atoms with Crippen LogP contribution in [0.4, 0.5) is 4.39 Å². The van der Waals surface area contributed by atoms with Crippen molar-refractivity contribution in [1.29, 1.82) is 0 Å². The van der Waals surface area contributed by atoms with Gasteiger partial charge in [-0.3, -0.25) is 0 Å². The summed E-state index contributed by atoms with van der Waals surface area (Å²) < 4.78 is 12.8. The number of aliphatic hydroxyl groups excluding tert-OH is 1. The Balaban J connectivity index is 0.000000921. The molecule has 0 fully saturated rings. The summed E-state index contributed by atoms with van der Waals surface area (Å²) in [5, 5.41) is 9.48. The van der Waals surface area contributed by atoms with Gasteiger partial charge in [0.05, 0.1) is 6.10 Å². The number of hydrogen-bond acceptors (Lipinski definition) is 1. The molecule has 0 spiro atoms. The number of aliphatic hydroxyl groups is 1. The van der Waals surface area contributed by atoms with Gasteiger partial charge < -0.3 is 5.11 Å². The molecule has 84 valence electrons. The van der Waals surface area contributed by atoms with Crippen molar-refractivity contribution < 1.29 is 9.50 Å². The standard InChI is InChI=1S/C11H13FO.C2H6/c1-3-8-5-6-9(12)7-10(8)11(13)4-2;1-2/h4-7,11,13H,2-3H2,1H3;1-2H3. The van der Waals surface area contributed by atoms with Crippen molar-refractivity contribution >= 4 is 0 Å². The maximum absolute atomic E-state index is 12.8. The smallest absolute Gasteiger partial charge is 0.123 e. The summed E-state index contributed by atoms with van der Waals surface area (Å²) in [4.78, 5) is 0. The highest BCUT2D eigenvalue weighted by molar-refractivity contribution is 5.31. The van der Waals surface area contributed by atoms with Crippen LogP contribution in [0.2, 0.25) is 0 Å². The Kier molecular flexibility index (Phi) is 6.63. The molecule has 0 aromatic heterocycles. The van der Waals surface area contributed by atoms with Crippen LogP contribution in [0.15, 0.2) is 30.9 Å². The summed E-state index contributed by atoms with van der Waals surface area (Å²) >= 11 is 0. The minimum atomic E-state index is -0.773. The van der Waals surface area contributed by atoms with E-state index in [1.54, 1.807) is 6.07 Å². The predicted octanol–water partition coefficient (Wildman–Crippen LogP) is 3.63. The molecule has 0 aliphatic carbocycles. The van der Waals surface area contributed by atoms with Gasteiger partial charge in [-0.15, -0.1) is 6.58 Å². The Morgan fingerprint density at radius 1 is 1.47 bits per heavy atom. The average molecular weight is 210 g/mol. The van der Waals surface area contributed by atoms with Gasteiger partial charge in [0.2, 0.25) is 0 Å². The lowest BCUT2D eigenvalue weighted by atomic mass is 10.0. The molecule has 1 aromatic rings. The van der Waals surface area contributed by atoms with Crippen LogP contribution in [-0.2, 0) is 6.42 Å². The van der Waals surface area contributed by atoms with Gasteiger partial charge in [0.25, 0.3) is 0 Å². The van der Waals surface area contributed by atoms with E-state index >= 15 is 0 Å². The molecule has 0 radical (unpaired) electrons. The Hall–Kier alpha value is -1.15. The van der Waals surface area contributed by atoms with E-state index < -0.39 is 6.10 Å². The van der Waals surface area contributed by atoms with E-state index in [0.29, 0.717) is 5.56 Å². The largest absolute Gasteiger partial charge is 0.384 e. The molecule has 1 unspecified atom stereocenters. The number of hydrogen-bond donors (Lipinski definition) is 1. The molecule has 0 aliphatic rings. The Labute approximate surface area is 91.3 Å². The second kappa shape index (κ2) is 7.18. The van der Waals surface area contributed by atoms with E-state index in [4.69, 9.17) is 0 Å². The topological polar surface area (TPSA) is 20.2 Å². The van der Waals surface area contributed by atoms with Crippen LogP contribution in [0.25, 0.3) is 0 Å². The Morgan fingerprint density at radius 2 is 2.07 bits per heavy atom. The number of benzene rings is 1. The third-order valence-corrected chi connectivity index (χ3v) is 2.03. The van der Waals surface area contributed by atoms with E-state index in [1.165, 1.54) is 18.2 Å². The highest BCUT2D eigenvalue weighted by Gasteiger charge is 2.08. The second-order valence-electron chi connectivity index (χ2n) is 2.88. The SMILES string of the molecule is C=CC(O)c1cc(F)ccc1CC.CC. The molecule has 1 atom stereocenters. The second-order valence-corrected chi connectivity index (χ2v) is 2.88. The number of halogens is 1. The highest BCUT2D eigenvalue weighted by atomic mass is 19.1. The van der Waals surface area contributed by atoms with Crippen LogP contribution in [0.1, 0.15) is 38.0 Å². The van der Waals surface area contributed by atoms with Crippen LogP contribution < -0.4 is 0 Å². The molecule has 0 aliphatic heterocycles. The van der Waals surface area contributed by atoms with Gasteiger partial charge in [0.1, 0.15) is 5.82 Å². The van der Waals surface area contributed by atoms with E-state index in [2.05, 4.69) is 6.58 Å². The van der Waals surface area contributed by atoms with Gasteiger partial charge >= 0.3 is 0 Å². The minimum Gasteiger partial charge on any atom is -0.384 e. The highest BCUT2D eigenvalue weighted by Crippen LogP contribution is 2.20. The first kappa shape index (κ1) is 13.8. The zero-order chi connectivity index (χ0) is 11.8. The molecule has 1 aromatic carbocycles. The summed E-state index contributed by atoms with van der Waals surface area (Å²) in [6.45, 7) is 9.43. The van der Waals surface area contributed by atoms with Crippen molar-refractivity contribution in [2.45, 2.75) is 33.3 Å².